The van der Waals surface area contributed by atoms with E-state index in [-0.39, 0.29) is 5.75 Å². The van der Waals surface area contributed by atoms with Crippen molar-refractivity contribution >= 4 is 45.9 Å². The summed E-state index contributed by atoms with van der Waals surface area (Å²) in [5, 5.41) is 0.625. The third-order valence-electron chi connectivity index (χ3n) is 2.59. The molecule has 0 fully saturated rings. The maximum atomic E-state index is 11.7. The van der Waals surface area contributed by atoms with Gasteiger partial charge in [-0.05, 0) is 42.0 Å². The molecular formula is C16H10BrClO3. The minimum absolute atomic E-state index is 0.221. The van der Waals surface area contributed by atoms with Gasteiger partial charge in [0, 0.05) is 15.6 Å². The molecule has 0 saturated carbocycles. The van der Waals surface area contributed by atoms with Gasteiger partial charge in [0.05, 0.1) is 5.56 Å². The van der Waals surface area contributed by atoms with Crippen molar-refractivity contribution in [1.29, 1.82) is 0 Å². The highest BCUT2D eigenvalue weighted by Crippen LogP contribution is 2.22. The zero-order chi connectivity index (χ0) is 15.2. The predicted octanol–water partition coefficient (Wildman–Crippen LogP) is 4.53. The molecule has 0 heterocycles. The Hall–Kier alpha value is -1.91. The molecule has 2 aromatic rings. The number of esters is 1. The number of ether oxygens (including phenoxy) is 1. The molecule has 0 saturated heterocycles. The van der Waals surface area contributed by atoms with Gasteiger partial charge >= 0.3 is 5.97 Å². The Balaban J connectivity index is 2.08. The Morgan fingerprint density at radius 2 is 1.86 bits per heavy atom. The van der Waals surface area contributed by atoms with Crippen LogP contribution < -0.4 is 4.74 Å². The number of hydrogen-bond acceptors (Lipinski definition) is 3. The summed E-state index contributed by atoms with van der Waals surface area (Å²) in [7, 11) is 0. The normalized spacial score (nSPS) is 10.6. The minimum atomic E-state index is -0.560. The largest absolute Gasteiger partial charge is 0.423 e. The van der Waals surface area contributed by atoms with Crippen LogP contribution in [0.5, 0.6) is 5.75 Å². The van der Waals surface area contributed by atoms with E-state index in [1.54, 1.807) is 48.5 Å². The van der Waals surface area contributed by atoms with Crippen LogP contribution in [0.25, 0.3) is 6.08 Å². The topological polar surface area (TPSA) is 43.4 Å². The Labute approximate surface area is 135 Å². The van der Waals surface area contributed by atoms with Gasteiger partial charge in [-0.1, -0.05) is 39.7 Å². The maximum Gasteiger partial charge on any atom is 0.336 e. The van der Waals surface area contributed by atoms with Gasteiger partial charge in [-0.2, -0.15) is 0 Å². The molecule has 0 aromatic heterocycles. The highest BCUT2D eigenvalue weighted by molar-refractivity contribution is 9.10. The Morgan fingerprint density at radius 1 is 1.14 bits per heavy atom. The Bertz CT molecular complexity index is 693. The fourth-order valence-electron chi connectivity index (χ4n) is 1.58. The number of carbonyl (C=O) groups excluding carboxylic acids is 2. The van der Waals surface area contributed by atoms with E-state index in [0.717, 1.165) is 10.0 Å². The van der Waals surface area contributed by atoms with E-state index in [1.807, 2.05) is 0 Å². The van der Waals surface area contributed by atoms with Gasteiger partial charge in [-0.25, -0.2) is 4.79 Å². The minimum Gasteiger partial charge on any atom is -0.423 e. The molecule has 0 spiro atoms. The van der Waals surface area contributed by atoms with E-state index in [2.05, 4.69) is 15.9 Å². The van der Waals surface area contributed by atoms with Crippen molar-refractivity contribution in [3.63, 3.8) is 0 Å². The molecule has 2 rings (SSSR count). The fourth-order valence-corrected chi connectivity index (χ4v) is 2.09. The van der Waals surface area contributed by atoms with Crippen molar-refractivity contribution in [2.24, 2.45) is 0 Å². The van der Waals surface area contributed by atoms with Crippen LogP contribution in [0.15, 0.2) is 53.0 Å². The molecule has 0 aliphatic rings. The second-order valence-corrected chi connectivity index (χ2v) is 5.46. The number of halogens is 2. The van der Waals surface area contributed by atoms with Gasteiger partial charge in [0.1, 0.15) is 5.75 Å². The van der Waals surface area contributed by atoms with Crippen LogP contribution in [0.3, 0.4) is 0 Å². The van der Waals surface area contributed by atoms with E-state index in [4.69, 9.17) is 16.3 Å². The average molecular weight is 366 g/mol. The molecule has 0 radical (unpaired) electrons. The zero-order valence-electron chi connectivity index (χ0n) is 10.8. The summed E-state index contributed by atoms with van der Waals surface area (Å²) in [5.74, 6) is -0.339. The molecule has 0 N–H and O–H groups in total. The van der Waals surface area contributed by atoms with Crippen molar-refractivity contribution < 1.29 is 14.3 Å². The van der Waals surface area contributed by atoms with E-state index >= 15 is 0 Å². The van der Waals surface area contributed by atoms with Crippen LogP contribution in [0.1, 0.15) is 15.9 Å². The number of rotatable bonds is 4. The number of aldehydes is 1. The first-order valence-corrected chi connectivity index (χ1v) is 7.16. The predicted molar refractivity (Wildman–Crippen MR) is 85.7 cm³/mol. The maximum absolute atomic E-state index is 11.7. The van der Waals surface area contributed by atoms with Crippen LogP contribution in [-0.4, -0.2) is 12.3 Å². The molecule has 0 bridgehead atoms. The Kier molecular flexibility index (Phi) is 5.31. The van der Waals surface area contributed by atoms with Crippen LogP contribution in [0.4, 0.5) is 0 Å². The molecule has 21 heavy (non-hydrogen) atoms. The standard InChI is InChI=1S/C16H10BrClO3/c17-13-4-7-15(12(9-13)10-19)21-16(20)8-3-11-1-5-14(18)6-2-11/h1-10H. The highest BCUT2D eigenvalue weighted by Gasteiger charge is 2.07. The molecule has 0 atom stereocenters. The lowest BCUT2D eigenvalue weighted by Gasteiger charge is -2.04. The summed E-state index contributed by atoms with van der Waals surface area (Å²) in [6.45, 7) is 0. The molecular weight excluding hydrogens is 356 g/mol. The van der Waals surface area contributed by atoms with E-state index in [1.165, 1.54) is 6.08 Å². The lowest BCUT2D eigenvalue weighted by Crippen LogP contribution is -2.05. The van der Waals surface area contributed by atoms with Gasteiger partial charge in [-0.3, -0.25) is 4.79 Å². The summed E-state index contributed by atoms with van der Waals surface area (Å²) in [4.78, 5) is 22.7. The summed E-state index contributed by atoms with van der Waals surface area (Å²) in [6.07, 6.45) is 3.54. The van der Waals surface area contributed by atoms with Crippen molar-refractivity contribution in [1.82, 2.24) is 0 Å². The summed E-state index contributed by atoms with van der Waals surface area (Å²) in [5.41, 5.74) is 1.13. The zero-order valence-corrected chi connectivity index (χ0v) is 13.1. The number of benzene rings is 2. The number of carbonyl (C=O) groups is 2. The highest BCUT2D eigenvalue weighted by atomic mass is 79.9. The molecule has 3 nitrogen and oxygen atoms in total. The van der Waals surface area contributed by atoms with Gasteiger partial charge in [-0.15, -0.1) is 0 Å². The van der Waals surface area contributed by atoms with Crippen LogP contribution >= 0.6 is 27.5 Å². The van der Waals surface area contributed by atoms with Crippen LogP contribution in [0, 0.1) is 0 Å². The second kappa shape index (κ2) is 7.20. The monoisotopic (exact) mass is 364 g/mol. The molecule has 2 aromatic carbocycles. The van der Waals surface area contributed by atoms with E-state index < -0.39 is 5.97 Å². The van der Waals surface area contributed by atoms with Gasteiger partial charge in [0.15, 0.2) is 6.29 Å². The molecule has 0 unspecified atom stereocenters. The van der Waals surface area contributed by atoms with Gasteiger partial charge < -0.3 is 4.74 Å². The first-order valence-electron chi connectivity index (χ1n) is 5.98. The SMILES string of the molecule is O=Cc1cc(Br)ccc1OC(=O)C=Cc1ccc(Cl)cc1. The van der Waals surface area contributed by atoms with Crippen molar-refractivity contribution in [3.05, 3.63) is 69.2 Å². The smallest absolute Gasteiger partial charge is 0.336 e. The molecule has 106 valence electrons. The number of hydrogen-bond donors (Lipinski definition) is 0. The third kappa shape index (κ3) is 4.55. The van der Waals surface area contributed by atoms with E-state index in [0.29, 0.717) is 16.9 Å². The first-order chi connectivity index (χ1) is 10.1. The van der Waals surface area contributed by atoms with Gasteiger partial charge in [0.25, 0.3) is 0 Å². The van der Waals surface area contributed by atoms with Crippen molar-refractivity contribution in [2.75, 3.05) is 0 Å². The third-order valence-corrected chi connectivity index (χ3v) is 3.34. The second-order valence-electron chi connectivity index (χ2n) is 4.11. The summed E-state index contributed by atoms with van der Waals surface area (Å²) >= 11 is 9.02. The van der Waals surface area contributed by atoms with E-state index in [9.17, 15) is 9.59 Å². The van der Waals surface area contributed by atoms with Crippen LogP contribution in [-0.2, 0) is 4.79 Å². The lowest BCUT2D eigenvalue weighted by molar-refractivity contribution is -0.128. The molecule has 0 amide bonds. The summed E-state index contributed by atoms with van der Waals surface area (Å²) in [6, 6.07) is 11.8. The van der Waals surface area contributed by atoms with Crippen molar-refractivity contribution in [3.8, 4) is 5.75 Å². The molecule has 0 aliphatic heterocycles. The quantitative estimate of drug-likeness (QED) is 0.346. The van der Waals surface area contributed by atoms with Gasteiger partial charge in [0.2, 0.25) is 0 Å². The molecule has 0 aliphatic carbocycles. The first kappa shape index (κ1) is 15.5. The lowest BCUT2D eigenvalue weighted by atomic mass is 10.2. The van der Waals surface area contributed by atoms with Crippen molar-refractivity contribution in [2.45, 2.75) is 0 Å². The molecule has 5 heteroatoms. The Morgan fingerprint density at radius 3 is 2.52 bits per heavy atom. The van der Waals surface area contributed by atoms with Crippen LogP contribution in [0.2, 0.25) is 5.02 Å². The fraction of sp³-hybridized carbons (Fsp3) is 0. The summed E-state index contributed by atoms with van der Waals surface area (Å²) < 4.78 is 5.87. The average Bonchev–Trinajstić information content (AvgIpc) is 2.48.